The van der Waals surface area contributed by atoms with E-state index in [4.69, 9.17) is 0 Å². The van der Waals surface area contributed by atoms with Crippen molar-refractivity contribution >= 4 is 11.5 Å². The van der Waals surface area contributed by atoms with Crippen molar-refractivity contribution in [2.45, 2.75) is 13.5 Å². The van der Waals surface area contributed by atoms with Gasteiger partial charge in [0.05, 0.1) is 18.8 Å². The molecule has 29 heavy (non-hydrogen) atoms. The summed E-state index contributed by atoms with van der Waals surface area (Å²) < 4.78 is 15.8. The second-order valence-electron chi connectivity index (χ2n) is 7.59. The van der Waals surface area contributed by atoms with Crippen LogP contribution in [0.25, 0.3) is 0 Å². The molecule has 0 atom stereocenters. The van der Waals surface area contributed by atoms with Crippen LogP contribution in [0, 0.1) is 12.7 Å². The molecule has 0 radical (unpaired) electrons. The average molecular weight is 391 g/mol. The summed E-state index contributed by atoms with van der Waals surface area (Å²) in [5, 5.41) is 0. The molecule has 0 N–H and O–H groups in total. The number of rotatable bonds is 6. The molecule has 1 aliphatic heterocycles. The molecule has 0 unspecified atom stereocenters. The number of ketones is 1. The van der Waals surface area contributed by atoms with Crippen molar-refractivity contribution in [1.29, 1.82) is 0 Å². The second-order valence-corrected chi connectivity index (χ2v) is 7.59. The van der Waals surface area contributed by atoms with E-state index in [1.54, 1.807) is 12.1 Å². The van der Waals surface area contributed by atoms with Crippen molar-refractivity contribution in [2.75, 3.05) is 37.6 Å². The van der Waals surface area contributed by atoms with Crippen LogP contribution in [0.1, 0.15) is 21.6 Å². The van der Waals surface area contributed by atoms with Crippen molar-refractivity contribution in [3.05, 3.63) is 89.5 Å². The van der Waals surface area contributed by atoms with Gasteiger partial charge in [-0.05, 0) is 36.8 Å². The van der Waals surface area contributed by atoms with Gasteiger partial charge in [0.1, 0.15) is 5.82 Å². The number of aryl methyl sites for hydroxylation is 1. The van der Waals surface area contributed by atoms with Gasteiger partial charge in [-0.25, -0.2) is 4.39 Å². The Kier molecular flexibility index (Phi) is 5.76. The minimum atomic E-state index is -0.244. The molecule has 3 aromatic rings. The minimum Gasteiger partial charge on any atom is -0.369 e. The zero-order valence-corrected chi connectivity index (χ0v) is 16.7. The summed E-state index contributed by atoms with van der Waals surface area (Å²) in [5.74, 6) is -0.164. The molecule has 4 rings (SSSR count). The summed E-state index contributed by atoms with van der Waals surface area (Å²) in [6.07, 6.45) is 1.84. The monoisotopic (exact) mass is 391 g/mol. The lowest BCUT2D eigenvalue weighted by Gasteiger charge is -2.36. The van der Waals surface area contributed by atoms with E-state index in [1.807, 2.05) is 29.0 Å². The fourth-order valence-electron chi connectivity index (χ4n) is 3.96. The van der Waals surface area contributed by atoms with Gasteiger partial charge in [-0.2, -0.15) is 0 Å². The van der Waals surface area contributed by atoms with Crippen LogP contribution in [0.4, 0.5) is 10.1 Å². The Morgan fingerprint density at radius 3 is 2.41 bits per heavy atom. The molecule has 0 saturated carbocycles. The lowest BCUT2D eigenvalue weighted by molar-refractivity contribution is 0.0917. The molecule has 2 heterocycles. The SMILES string of the molecule is Cc1ccccc1N1CCN(CC(=O)c2cccn2Cc2ccccc2F)CC1. The molecule has 2 aromatic carbocycles. The number of hydrogen-bond donors (Lipinski definition) is 0. The van der Waals surface area contributed by atoms with Gasteiger partial charge in [0.25, 0.3) is 0 Å². The highest BCUT2D eigenvalue weighted by Gasteiger charge is 2.22. The fourth-order valence-corrected chi connectivity index (χ4v) is 3.96. The van der Waals surface area contributed by atoms with Crippen LogP contribution < -0.4 is 4.90 Å². The molecule has 1 aliphatic rings. The molecule has 4 nitrogen and oxygen atoms in total. The third kappa shape index (κ3) is 4.40. The van der Waals surface area contributed by atoms with Gasteiger partial charge >= 0.3 is 0 Å². The number of nitrogens with zero attached hydrogens (tertiary/aromatic N) is 3. The summed E-state index contributed by atoms with van der Waals surface area (Å²) in [5.41, 5.74) is 3.78. The van der Waals surface area contributed by atoms with Crippen LogP contribution in [-0.4, -0.2) is 48.0 Å². The van der Waals surface area contributed by atoms with Crippen molar-refractivity contribution in [3.8, 4) is 0 Å². The molecule has 150 valence electrons. The van der Waals surface area contributed by atoms with Crippen molar-refractivity contribution in [1.82, 2.24) is 9.47 Å². The lowest BCUT2D eigenvalue weighted by atomic mass is 10.1. The van der Waals surface area contributed by atoms with Crippen LogP contribution in [0.2, 0.25) is 0 Å². The Bertz CT molecular complexity index is 989. The standard InChI is InChI=1S/C24H26FN3O/c1-19-7-2-5-10-22(19)27-15-13-26(14-16-27)18-24(29)23-11-6-12-28(23)17-20-8-3-4-9-21(20)25/h2-12H,13-18H2,1H3. The van der Waals surface area contributed by atoms with E-state index in [0.717, 1.165) is 26.2 Å². The summed E-state index contributed by atoms with van der Waals surface area (Å²) in [6.45, 7) is 6.42. The summed E-state index contributed by atoms with van der Waals surface area (Å²) in [7, 11) is 0. The number of carbonyl (C=O) groups excluding carboxylic acids is 1. The van der Waals surface area contributed by atoms with E-state index in [0.29, 0.717) is 24.3 Å². The normalized spacial score (nSPS) is 14.9. The number of carbonyl (C=O) groups is 1. The highest BCUT2D eigenvalue weighted by Crippen LogP contribution is 2.21. The molecule has 1 fully saturated rings. The van der Waals surface area contributed by atoms with Gasteiger partial charge < -0.3 is 9.47 Å². The molecule has 1 saturated heterocycles. The van der Waals surface area contributed by atoms with E-state index in [2.05, 4.69) is 41.0 Å². The number of halogens is 1. The van der Waals surface area contributed by atoms with Crippen LogP contribution >= 0.6 is 0 Å². The lowest BCUT2D eigenvalue weighted by Crippen LogP contribution is -2.48. The van der Waals surface area contributed by atoms with Gasteiger partial charge in [-0.15, -0.1) is 0 Å². The highest BCUT2D eigenvalue weighted by atomic mass is 19.1. The van der Waals surface area contributed by atoms with Gasteiger partial charge in [-0.1, -0.05) is 36.4 Å². The van der Waals surface area contributed by atoms with Gasteiger partial charge in [0.15, 0.2) is 5.78 Å². The molecule has 1 aromatic heterocycles. The largest absolute Gasteiger partial charge is 0.369 e. The first-order chi connectivity index (χ1) is 14.1. The smallest absolute Gasteiger partial charge is 0.193 e. The number of piperazine rings is 1. The first kappa shape index (κ1) is 19.4. The first-order valence-electron chi connectivity index (χ1n) is 10.1. The van der Waals surface area contributed by atoms with E-state index in [9.17, 15) is 9.18 Å². The molecular weight excluding hydrogens is 365 g/mol. The van der Waals surface area contributed by atoms with E-state index < -0.39 is 0 Å². The molecule has 0 amide bonds. The van der Waals surface area contributed by atoms with Crippen LogP contribution in [-0.2, 0) is 6.54 Å². The number of Topliss-reactive ketones (excluding diaryl/α,β-unsaturated/α-hetero) is 1. The number of anilines is 1. The Morgan fingerprint density at radius 2 is 1.66 bits per heavy atom. The van der Waals surface area contributed by atoms with Gasteiger partial charge in [0, 0.05) is 43.6 Å². The van der Waals surface area contributed by atoms with Crippen LogP contribution in [0.5, 0.6) is 0 Å². The maximum absolute atomic E-state index is 14.0. The summed E-state index contributed by atoms with van der Waals surface area (Å²) in [4.78, 5) is 17.5. The van der Waals surface area contributed by atoms with Gasteiger partial charge in [-0.3, -0.25) is 9.69 Å². The average Bonchev–Trinajstić information content (AvgIpc) is 3.19. The Morgan fingerprint density at radius 1 is 0.931 bits per heavy atom. The number of benzene rings is 2. The van der Waals surface area contributed by atoms with Crippen molar-refractivity contribution in [3.63, 3.8) is 0 Å². The number of hydrogen-bond acceptors (Lipinski definition) is 3. The minimum absolute atomic E-state index is 0.0793. The highest BCUT2D eigenvalue weighted by molar-refractivity contribution is 5.96. The van der Waals surface area contributed by atoms with Crippen molar-refractivity contribution < 1.29 is 9.18 Å². The summed E-state index contributed by atoms with van der Waals surface area (Å²) in [6, 6.07) is 18.8. The Labute approximate surface area is 171 Å². The maximum atomic E-state index is 14.0. The second kappa shape index (κ2) is 8.62. The van der Waals surface area contributed by atoms with E-state index >= 15 is 0 Å². The molecule has 0 bridgehead atoms. The van der Waals surface area contributed by atoms with E-state index in [1.165, 1.54) is 17.3 Å². The van der Waals surface area contributed by atoms with E-state index in [-0.39, 0.29) is 11.6 Å². The maximum Gasteiger partial charge on any atom is 0.193 e. The first-order valence-corrected chi connectivity index (χ1v) is 10.1. The number of para-hydroxylation sites is 1. The molecular formula is C24H26FN3O. The third-order valence-corrected chi connectivity index (χ3v) is 5.61. The Hall–Kier alpha value is -2.92. The third-order valence-electron chi connectivity index (χ3n) is 5.61. The molecule has 0 aliphatic carbocycles. The predicted octanol–water partition coefficient (Wildman–Crippen LogP) is 3.99. The molecule has 5 heteroatoms. The van der Waals surface area contributed by atoms with Crippen LogP contribution in [0.3, 0.4) is 0 Å². The molecule has 0 spiro atoms. The quantitative estimate of drug-likeness (QED) is 0.595. The van der Waals surface area contributed by atoms with Crippen LogP contribution in [0.15, 0.2) is 66.9 Å². The fraction of sp³-hybridized carbons (Fsp3) is 0.292. The summed E-state index contributed by atoms with van der Waals surface area (Å²) >= 11 is 0. The topological polar surface area (TPSA) is 28.5 Å². The van der Waals surface area contributed by atoms with Crippen molar-refractivity contribution in [2.24, 2.45) is 0 Å². The number of aromatic nitrogens is 1. The predicted molar refractivity (Wildman–Crippen MR) is 114 cm³/mol. The Balaban J connectivity index is 1.37. The zero-order chi connectivity index (χ0) is 20.2. The van der Waals surface area contributed by atoms with Gasteiger partial charge in [0.2, 0.25) is 0 Å². The zero-order valence-electron chi connectivity index (χ0n) is 16.7.